The quantitative estimate of drug-likeness (QED) is 0.888. The number of aryl methyl sites for hydroxylation is 1. The van der Waals surface area contributed by atoms with Crippen molar-refractivity contribution in [3.05, 3.63) is 34.8 Å². The molecule has 0 atom stereocenters. The van der Waals surface area contributed by atoms with E-state index < -0.39 is 0 Å². The Bertz CT molecular complexity index is 583. The molecule has 0 saturated heterocycles. The Labute approximate surface area is 122 Å². The number of amides is 1. The van der Waals surface area contributed by atoms with Gasteiger partial charge >= 0.3 is 0 Å². The van der Waals surface area contributed by atoms with Gasteiger partial charge in [0.1, 0.15) is 10.8 Å². The lowest BCUT2D eigenvalue weighted by Gasteiger charge is -2.03. The third-order valence-electron chi connectivity index (χ3n) is 2.76. The van der Waals surface area contributed by atoms with E-state index >= 15 is 0 Å². The molecule has 0 radical (unpaired) electrons. The fraction of sp³-hybridized carbons (Fsp3) is 0.357. The van der Waals surface area contributed by atoms with Gasteiger partial charge in [0.25, 0.3) is 5.91 Å². The highest BCUT2D eigenvalue weighted by atomic mass is 32.1. The van der Waals surface area contributed by atoms with Crippen LogP contribution in [0.25, 0.3) is 0 Å². The lowest BCUT2D eigenvalue weighted by atomic mass is 10.2. The Morgan fingerprint density at radius 3 is 3.00 bits per heavy atom. The molecule has 0 spiro atoms. The summed E-state index contributed by atoms with van der Waals surface area (Å²) >= 11 is 1.42. The van der Waals surface area contributed by atoms with Crippen LogP contribution in [0.2, 0.25) is 0 Å². The minimum absolute atomic E-state index is 0.206. The number of rotatable bonds is 6. The number of ether oxygens (including phenoxy) is 1. The van der Waals surface area contributed by atoms with Crippen molar-refractivity contribution in [2.24, 2.45) is 0 Å². The van der Waals surface area contributed by atoms with Crippen molar-refractivity contribution in [2.75, 3.05) is 12.4 Å². The van der Waals surface area contributed by atoms with Crippen molar-refractivity contribution in [1.82, 2.24) is 10.2 Å². The molecule has 0 saturated carbocycles. The van der Waals surface area contributed by atoms with Crippen LogP contribution < -0.4 is 10.1 Å². The Kier molecular flexibility index (Phi) is 5.06. The van der Waals surface area contributed by atoms with Crippen LogP contribution in [0.15, 0.2) is 24.3 Å². The predicted octanol–water partition coefficient (Wildman–Crippen LogP) is 3.14. The zero-order valence-corrected chi connectivity index (χ0v) is 12.4. The Balaban J connectivity index is 2.01. The molecule has 106 valence electrons. The Hall–Kier alpha value is -1.95. The van der Waals surface area contributed by atoms with Crippen molar-refractivity contribution < 1.29 is 9.53 Å². The maximum absolute atomic E-state index is 12.1. The van der Waals surface area contributed by atoms with E-state index in [1.165, 1.54) is 11.3 Å². The molecule has 2 aromatic rings. The highest BCUT2D eigenvalue weighted by Crippen LogP contribution is 2.19. The van der Waals surface area contributed by atoms with Crippen molar-refractivity contribution >= 4 is 22.4 Å². The SMILES string of the molecule is CCCCc1nnc(NC(=O)c2cccc(OC)c2)s1. The molecular weight excluding hydrogens is 274 g/mol. The van der Waals surface area contributed by atoms with Gasteiger partial charge in [-0.3, -0.25) is 10.1 Å². The van der Waals surface area contributed by atoms with E-state index in [9.17, 15) is 4.79 Å². The van der Waals surface area contributed by atoms with Crippen LogP contribution >= 0.6 is 11.3 Å². The lowest BCUT2D eigenvalue weighted by Crippen LogP contribution is -2.11. The molecule has 0 fully saturated rings. The van der Waals surface area contributed by atoms with Crippen LogP contribution in [-0.2, 0) is 6.42 Å². The zero-order chi connectivity index (χ0) is 14.4. The minimum atomic E-state index is -0.206. The van der Waals surface area contributed by atoms with E-state index in [4.69, 9.17) is 4.74 Å². The summed E-state index contributed by atoms with van der Waals surface area (Å²) in [6, 6.07) is 7.00. The van der Waals surface area contributed by atoms with E-state index in [1.54, 1.807) is 31.4 Å². The summed E-state index contributed by atoms with van der Waals surface area (Å²) in [5.74, 6) is 0.445. The monoisotopic (exact) mass is 291 g/mol. The smallest absolute Gasteiger partial charge is 0.257 e. The average Bonchev–Trinajstić information content (AvgIpc) is 2.92. The highest BCUT2D eigenvalue weighted by molar-refractivity contribution is 7.15. The summed E-state index contributed by atoms with van der Waals surface area (Å²) in [7, 11) is 1.57. The van der Waals surface area contributed by atoms with Gasteiger partial charge in [-0.25, -0.2) is 0 Å². The normalized spacial score (nSPS) is 10.3. The van der Waals surface area contributed by atoms with E-state index in [-0.39, 0.29) is 5.91 Å². The van der Waals surface area contributed by atoms with Crippen LogP contribution in [0.1, 0.15) is 35.1 Å². The number of carbonyl (C=O) groups excluding carboxylic acids is 1. The first-order valence-corrected chi connectivity index (χ1v) is 7.32. The maximum atomic E-state index is 12.1. The molecule has 6 heteroatoms. The average molecular weight is 291 g/mol. The first-order valence-electron chi connectivity index (χ1n) is 6.50. The number of unbranched alkanes of at least 4 members (excludes halogenated alkanes) is 1. The number of carbonyl (C=O) groups is 1. The summed E-state index contributed by atoms with van der Waals surface area (Å²) in [6.07, 6.45) is 3.10. The summed E-state index contributed by atoms with van der Waals surface area (Å²) in [4.78, 5) is 12.1. The van der Waals surface area contributed by atoms with E-state index in [1.807, 2.05) is 0 Å². The summed E-state index contributed by atoms with van der Waals surface area (Å²) in [5, 5.41) is 12.3. The Morgan fingerprint density at radius 2 is 2.25 bits per heavy atom. The van der Waals surface area contributed by atoms with Gasteiger partial charge < -0.3 is 4.74 Å². The second kappa shape index (κ2) is 7.00. The number of methoxy groups -OCH3 is 1. The predicted molar refractivity (Wildman–Crippen MR) is 79.5 cm³/mol. The van der Waals surface area contributed by atoms with Crippen LogP contribution in [0.4, 0.5) is 5.13 Å². The standard InChI is InChI=1S/C14H17N3O2S/c1-3-4-8-12-16-17-14(20-12)15-13(18)10-6-5-7-11(9-10)19-2/h5-7,9H,3-4,8H2,1-2H3,(H,15,17,18). The zero-order valence-electron chi connectivity index (χ0n) is 11.5. The highest BCUT2D eigenvalue weighted by Gasteiger charge is 2.10. The molecule has 1 aromatic heterocycles. The third-order valence-corrected chi connectivity index (χ3v) is 3.66. The molecule has 1 amide bonds. The summed E-state index contributed by atoms with van der Waals surface area (Å²) in [5.41, 5.74) is 0.537. The molecule has 1 heterocycles. The van der Waals surface area contributed by atoms with Crippen LogP contribution in [0.3, 0.4) is 0 Å². The molecule has 0 aliphatic carbocycles. The third kappa shape index (κ3) is 3.77. The molecule has 1 aromatic carbocycles. The van der Waals surface area contributed by atoms with Gasteiger partial charge in [0.05, 0.1) is 7.11 Å². The number of aromatic nitrogens is 2. The van der Waals surface area contributed by atoms with Crippen molar-refractivity contribution in [1.29, 1.82) is 0 Å². The number of anilines is 1. The van der Waals surface area contributed by atoms with Crippen LogP contribution in [0, 0.1) is 0 Å². The minimum Gasteiger partial charge on any atom is -0.497 e. The largest absolute Gasteiger partial charge is 0.497 e. The number of benzene rings is 1. The number of hydrogen-bond acceptors (Lipinski definition) is 5. The second-order valence-corrected chi connectivity index (χ2v) is 5.35. The van der Waals surface area contributed by atoms with E-state index in [0.717, 1.165) is 24.3 Å². The van der Waals surface area contributed by atoms with Gasteiger partial charge in [-0.15, -0.1) is 10.2 Å². The number of nitrogens with zero attached hydrogens (tertiary/aromatic N) is 2. The van der Waals surface area contributed by atoms with Gasteiger partial charge in [0.15, 0.2) is 0 Å². The van der Waals surface area contributed by atoms with E-state index in [0.29, 0.717) is 16.4 Å². The van der Waals surface area contributed by atoms with Crippen molar-refractivity contribution in [3.63, 3.8) is 0 Å². The molecule has 0 bridgehead atoms. The van der Waals surface area contributed by atoms with E-state index in [2.05, 4.69) is 22.4 Å². The molecule has 0 aliphatic heterocycles. The summed E-state index contributed by atoms with van der Waals surface area (Å²) < 4.78 is 5.10. The van der Waals surface area contributed by atoms with Gasteiger partial charge in [0, 0.05) is 12.0 Å². The van der Waals surface area contributed by atoms with Crippen molar-refractivity contribution in [2.45, 2.75) is 26.2 Å². The van der Waals surface area contributed by atoms with Gasteiger partial charge in [0.2, 0.25) is 5.13 Å². The first-order chi connectivity index (χ1) is 9.72. The van der Waals surface area contributed by atoms with Gasteiger partial charge in [-0.2, -0.15) is 0 Å². The Morgan fingerprint density at radius 1 is 1.40 bits per heavy atom. The topological polar surface area (TPSA) is 64.1 Å². The number of hydrogen-bond donors (Lipinski definition) is 1. The second-order valence-electron chi connectivity index (χ2n) is 4.29. The molecule has 20 heavy (non-hydrogen) atoms. The molecule has 1 N–H and O–H groups in total. The maximum Gasteiger partial charge on any atom is 0.257 e. The van der Waals surface area contributed by atoms with Gasteiger partial charge in [-0.05, 0) is 24.6 Å². The fourth-order valence-electron chi connectivity index (χ4n) is 1.67. The fourth-order valence-corrected chi connectivity index (χ4v) is 2.44. The van der Waals surface area contributed by atoms with Gasteiger partial charge in [-0.1, -0.05) is 30.7 Å². The first kappa shape index (κ1) is 14.5. The van der Waals surface area contributed by atoms with Crippen molar-refractivity contribution in [3.8, 4) is 5.75 Å². The lowest BCUT2D eigenvalue weighted by molar-refractivity contribution is 0.102. The molecule has 0 aliphatic rings. The van der Waals surface area contributed by atoms with Crippen LogP contribution in [-0.4, -0.2) is 23.2 Å². The summed E-state index contributed by atoms with van der Waals surface area (Å²) in [6.45, 7) is 2.13. The number of nitrogens with one attached hydrogen (secondary N) is 1. The molecule has 2 rings (SSSR count). The molecular formula is C14H17N3O2S. The van der Waals surface area contributed by atoms with Crippen LogP contribution in [0.5, 0.6) is 5.75 Å². The molecule has 5 nitrogen and oxygen atoms in total. The molecule has 0 unspecified atom stereocenters.